The van der Waals surface area contributed by atoms with E-state index in [1.807, 2.05) is 0 Å². The van der Waals surface area contributed by atoms with E-state index in [0.29, 0.717) is 6.61 Å². The first kappa shape index (κ1) is 19.4. The van der Waals surface area contributed by atoms with Gasteiger partial charge in [-0.1, -0.05) is 0 Å². The topological polar surface area (TPSA) is 85.4 Å². The van der Waals surface area contributed by atoms with E-state index in [1.54, 1.807) is 6.92 Å². The highest BCUT2D eigenvalue weighted by molar-refractivity contribution is 5.98. The lowest BCUT2D eigenvalue weighted by molar-refractivity contribution is 0.0782. The Morgan fingerprint density at radius 1 is 0.875 bits per heavy atom. The van der Waals surface area contributed by atoms with Crippen LogP contribution in [0.25, 0.3) is 0 Å². The van der Waals surface area contributed by atoms with Gasteiger partial charge in [-0.2, -0.15) is 0 Å². The van der Waals surface area contributed by atoms with Gasteiger partial charge in [0.25, 0.3) is 0 Å². The first-order valence-electron chi connectivity index (χ1n) is 7.28. The molecule has 0 N–H and O–H groups in total. The maximum absolute atomic E-state index is 12.1. The van der Waals surface area contributed by atoms with Crippen molar-refractivity contribution < 1.29 is 28.6 Å². The fourth-order valence-corrected chi connectivity index (χ4v) is 1.51. The second-order valence-corrected chi connectivity index (χ2v) is 5.28. The van der Waals surface area contributed by atoms with Crippen LogP contribution in [0, 0.1) is 0 Å². The summed E-state index contributed by atoms with van der Waals surface area (Å²) in [7, 11) is 6.11. The molecule has 8 heteroatoms. The van der Waals surface area contributed by atoms with E-state index in [-0.39, 0.29) is 29.5 Å². The smallest absolute Gasteiger partial charge is 0.410 e. The number of carbonyl (C=O) groups excluding carboxylic acids is 3. The number of benzene rings is 1. The molecular weight excluding hydrogens is 316 g/mol. The number of rotatable bonds is 6. The van der Waals surface area contributed by atoms with Crippen LogP contribution in [0.2, 0.25) is 0 Å². The molecule has 0 saturated carbocycles. The molecule has 1 aromatic rings. The van der Waals surface area contributed by atoms with Gasteiger partial charge in [-0.15, -0.1) is 0 Å². The maximum Gasteiger partial charge on any atom is 0.414 e. The van der Waals surface area contributed by atoms with E-state index in [2.05, 4.69) is 0 Å². The number of amides is 2. The molecule has 0 bridgehead atoms. The lowest BCUT2D eigenvalue weighted by Gasteiger charge is -2.14. The molecule has 0 unspecified atom stereocenters. The number of Topliss-reactive ketones (excluding diaryl/α,β-unsaturated/α-hetero) is 1. The highest BCUT2D eigenvalue weighted by Crippen LogP contribution is 2.24. The summed E-state index contributed by atoms with van der Waals surface area (Å²) in [6.07, 6.45) is -1.23. The largest absolute Gasteiger partial charge is 0.414 e. The molecule has 0 aromatic heterocycles. The van der Waals surface area contributed by atoms with Gasteiger partial charge in [0.2, 0.25) is 0 Å². The van der Waals surface area contributed by atoms with Gasteiger partial charge in [0.15, 0.2) is 5.78 Å². The number of carbonyl (C=O) groups is 3. The first-order valence-corrected chi connectivity index (χ1v) is 7.28. The van der Waals surface area contributed by atoms with Crippen molar-refractivity contribution in [2.75, 3.05) is 41.4 Å². The van der Waals surface area contributed by atoms with Crippen LogP contribution < -0.4 is 9.47 Å². The van der Waals surface area contributed by atoms with Crippen molar-refractivity contribution in [2.45, 2.75) is 6.92 Å². The van der Waals surface area contributed by atoms with E-state index in [1.165, 1.54) is 56.2 Å². The number of hydrogen-bond acceptors (Lipinski definition) is 6. The Balaban J connectivity index is 3.11. The van der Waals surface area contributed by atoms with Gasteiger partial charge in [0.1, 0.15) is 18.1 Å². The van der Waals surface area contributed by atoms with Crippen molar-refractivity contribution >= 4 is 18.0 Å². The van der Waals surface area contributed by atoms with E-state index in [4.69, 9.17) is 14.2 Å². The predicted octanol–water partition coefficient (Wildman–Crippen LogP) is 2.03. The average molecular weight is 338 g/mol. The molecule has 1 aromatic carbocycles. The predicted molar refractivity (Wildman–Crippen MR) is 86.7 cm³/mol. The van der Waals surface area contributed by atoms with Crippen LogP contribution >= 0.6 is 0 Å². The van der Waals surface area contributed by atoms with E-state index >= 15 is 0 Å². The molecule has 2 amide bonds. The Morgan fingerprint density at radius 2 is 1.33 bits per heavy atom. The molecule has 0 spiro atoms. The normalized spacial score (nSPS) is 10.0. The standard InChI is InChI=1S/C16H22N2O6/c1-6-22-10-14(19)11-7-12(23-15(20)17(2)3)9-13(8-11)24-16(21)18(4)5/h7-9H,6,10H2,1-5H3. The Hall–Kier alpha value is -2.61. The molecule has 0 saturated heterocycles. The van der Waals surface area contributed by atoms with Crippen molar-refractivity contribution in [2.24, 2.45) is 0 Å². The average Bonchev–Trinajstić information content (AvgIpc) is 2.51. The molecule has 24 heavy (non-hydrogen) atoms. The Morgan fingerprint density at radius 3 is 1.71 bits per heavy atom. The SMILES string of the molecule is CCOCC(=O)c1cc(OC(=O)N(C)C)cc(OC(=O)N(C)C)c1. The van der Waals surface area contributed by atoms with Gasteiger partial charge in [-0.25, -0.2) is 9.59 Å². The molecule has 0 heterocycles. The van der Waals surface area contributed by atoms with Crippen LogP contribution in [0.3, 0.4) is 0 Å². The van der Waals surface area contributed by atoms with Gasteiger partial charge in [0, 0.05) is 46.4 Å². The summed E-state index contributed by atoms with van der Waals surface area (Å²) in [6, 6.07) is 4.16. The van der Waals surface area contributed by atoms with Crippen LogP contribution in [0.4, 0.5) is 9.59 Å². The van der Waals surface area contributed by atoms with Gasteiger partial charge >= 0.3 is 12.2 Å². The van der Waals surface area contributed by atoms with Crippen molar-refractivity contribution in [1.29, 1.82) is 0 Å². The lowest BCUT2D eigenvalue weighted by atomic mass is 10.1. The number of ether oxygens (including phenoxy) is 3. The summed E-state index contributed by atoms with van der Waals surface area (Å²) in [5.41, 5.74) is 0.217. The van der Waals surface area contributed by atoms with E-state index in [0.717, 1.165) is 0 Å². The van der Waals surface area contributed by atoms with E-state index < -0.39 is 12.2 Å². The molecule has 8 nitrogen and oxygen atoms in total. The summed E-state index contributed by atoms with van der Waals surface area (Å²) < 4.78 is 15.4. The molecule has 0 aliphatic rings. The van der Waals surface area contributed by atoms with Gasteiger partial charge in [-0.3, -0.25) is 4.79 Å². The molecule has 0 atom stereocenters. The van der Waals surface area contributed by atoms with Crippen LogP contribution in [0.1, 0.15) is 17.3 Å². The third-order valence-corrected chi connectivity index (χ3v) is 2.78. The molecule has 1 rings (SSSR count). The van der Waals surface area contributed by atoms with E-state index in [9.17, 15) is 14.4 Å². The number of hydrogen-bond donors (Lipinski definition) is 0. The Kier molecular flexibility index (Phi) is 7.19. The summed E-state index contributed by atoms with van der Waals surface area (Å²) in [5.74, 6) is -0.128. The molecule has 0 aliphatic carbocycles. The number of nitrogens with zero attached hydrogens (tertiary/aromatic N) is 2. The fraction of sp³-hybridized carbons (Fsp3) is 0.438. The fourth-order valence-electron chi connectivity index (χ4n) is 1.51. The van der Waals surface area contributed by atoms with Crippen molar-refractivity contribution in [1.82, 2.24) is 9.80 Å². The van der Waals surface area contributed by atoms with Gasteiger partial charge in [-0.05, 0) is 19.1 Å². The lowest BCUT2D eigenvalue weighted by Crippen LogP contribution is -2.26. The van der Waals surface area contributed by atoms with Crippen molar-refractivity contribution in [3.63, 3.8) is 0 Å². The summed E-state index contributed by atoms with van der Waals surface area (Å²) in [5, 5.41) is 0. The molecule has 0 aliphatic heterocycles. The van der Waals surface area contributed by atoms with Crippen LogP contribution in [-0.4, -0.2) is 69.2 Å². The number of ketones is 1. The molecule has 0 fully saturated rings. The van der Waals surface area contributed by atoms with Crippen molar-refractivity contribution in [3.05, 3.63) is 23.8 Å². The minimum atomic E-state index is -0.616. The van der Waals surface area contributed by atoms with Crippen LogP contribution in [0.15, 0.2) is 18.2 Å². The summed E-state index contributed by atoms with van der Waals surface area (Å²) in [6.45, 7) is 2.04. The van der Waals surface area contributed by atoms with Crippen LogP contribution in [-0.2, 0) is 4.74 Å². The maximum atomic E-state index is 12.1. The zero-order valence-corrected chi connectivity index (χ0v) is 14.5. The molecular formula is C16H22N2O6. The first-order chi connectivity index (χ1) is 11.2. The second-order valence-electron chi connectivity index (χ2n) is 5.28. The zero-order chi connectivity index (χ0) is 18.3. The third kappa shape index (κ3) is 5.88. The molecule has 132 valence electrons. The quantitative estimate of drug-likeness (QED) is 0.738. The second kappa shape index (κ2) is 8.88. The summed E-state index contributed by atoms with van der Waals surface area (Å²) in [4.78, 5) is 38.0. The monoisotopic (exact) mass is 338 g/mol. The van der Waals surface area contributed by atoms with Gasteiger partial charge < -0.3 is 24.0 Å². The van der Waals surface area contributed by atoms with Gasteiger partial charge in [0.05, 0.1) is 0 Å². The highest BCUT2D eigenvalue weighted by Gasteiger charge is 2.16. The minimum absolute atomic E-state index is 0.0950. The van der Waals surface area contributed by atoms with Crippen LogP contribution in [0.5, 0.6) is 11.5 Å². The van der Waals surface area contributed by atoms with Crippen molar-refractivity contribution in [3.8, 4) is 11.5 Å². The summed E-state index contributed by atoms with van der Waals surface area (Å²) >= 11 is 0. The zero-order valence-electron chi connectivity index (χ0n) is 14.5. The third-order valence-electron chi connectivity index (χ3n) is 2.78. The molecule has 0 radical (unpaired) electrons. The Labute approximate surface area is 140 Å². The minimum Gasteiger partial charge on any atom is -0.410 e. The Bertz CT molecular complexity index is 572. The highest BCUT2D eigenvalue weighted by atomic mass is 16.6.